The molecule has 27 heavy (non-hydrogen) atoms. The lowest BCUT2D eigenvalue weighted by Gasteiger charge is -2.02. The first-order valence-corrected chi connectivity index (χ1v) is 9.42. The van der Waals surface area contributed by atoms with Crippen molar-refractivity contribution in [1.29, 1.82) is 0 Å². The van der Waals surface area contributed by atoms with Crippen molar-refractivity contribution < 1.29 is 18.6 Å². The molecule has 0 unspecified atom stereocenters. The van der Waals surface area contributed by atoms with E-state index >= 15 is 0 Å². The van der Waals surface area contributed by atoms with Crippen molar-refractivity contribution >= 4 is 28.5 Å². The average molecular weight is 436 g/mol. The minimum atomic E-state index is -0.893. The van der Waals surface area contributed by atoms with Crippen LogP contribution in [0.5, 0.6) is 0 Å². The molecule has 2 aromatic heterocycles. The number of hydrogen-bond acceptors (Lipinski definition) is 5. The molecule has 1 aliphatic heterocycles. The summed E-state index contributed by atoms with van der Waals surface area (Å²) >= 11 is 3.41. The van der Waals surface area contributed by atoms with Crippen LogP contribution in [-0.2, 0) is 24.5 Å². The molecule has 1 atom stereocenters. The Balaban J connectivity index is 0.000000159. The van der Waals surface area contributed by atoms with Crippen molar-refractivity contribution in [2.75, 3.05) is 0 Å². The molecule has 9 heteroatoms. The lowest BCUT2D eigenvalue weighted by atomic mass is 9.79. The van der Waals surface area contributed by atoms with E-state index in [2.05, 4.69) is 26.2 Å². The Kier molecular flexibility index (Phi) is 6.13. The van der Waals surface area contributed by atoms with Crippen molar-refractivity contribution in [1.82, 2.24) is 14.9 Å². The van der Waals surface area contributed by atoms with Crippen LogP contribution in [-0.4, -0.2) is 27.1 Å². The predicted molar refractivity (Wildman–Crippen MR) is 103 cm³/mol. The molecule has 1 aliphatic rings. The lowest BCUT2D eigenvalue weighted by molar-refractivity contribution is 0.208. The highest BCUT2D eigenvalue weighted by Crippen LogP contribution is 2.22. The summed E-state index contributed by atoms with van der Waals surface area (Å²) in [5.41, 5.74) is 3.47. The van der Waals surface area contributed by atoms with Gasteiger partial charge >= 0.3 is 7.12 Å². The highest BCUT2D eigenvalue weighted by Gasteiger charge is 2.32. The minimum absolute atomic E-state index is 0.217. The van der Waals surface area contributed by atoms with E-state index in [0.29, 0.717) is 5.46 Å². The van der Waals surface area contributed by atoms with Crippen LogP contribution >= 0.6 is 15.9 Å². The fourth-order valence-corrected chi connectivity index (χ4v) is 3.39. The molecule has 3 aromatic rings. The van der Waals surface area contributed by atoms with E-state index in [1.165, 1.54) is 12.1 Å². The Morgan fingerprint density at radius 2 is 2.15 bits per heavy atom. The van der Waals surface area contributed by atoms with Gasteiger partial charge in [0.2, 0.25) is 0 Å². The number of aryl methyl sites for hydroxylation is 2. The molecule has 0 bridgehead atoms. The first-order chi connectivity index (χ1) is 12.9. The normalized spacial score (nSPS) is 15.5. The Morgan fingerprint density at radius 3 is 2.78 bits per heavy atom. The Bertz CT molecular complexity index is 930. The molecular formula is C18H20BBrFN3O3. The first kappa shape index (κ1) is 19.8. The number of benzene rings is 1. The summed E-state index contributed by atoms with van der Waals surface area (Å²) < 4.78 is 25.6. The maximum absolute atomic E-state index is 12.7. The van der Waals surface area contributed by atoms with Crippen LogP contribution in [0.25, 0.3) is 0 Å². The van der Waals surface area contributed by atoms with E-state index in [1.54, 1.807) is 17.7 Å². The van der Waals surface area contributed by atoms with Crippen LogP contribution < -0.4 is 5.46 Å². The molecule has 1 N–H and O–H groups in total. The smallest absolute Gasteiger partial charge is 0.423 e. The summed E-state index contributed by atoms with van der Waals surface area (Å²) in [6.45, 7) is 3.83. The second kappa shape index (κ2) is 8.37. The predicted octanol–water partition coefficient (Wildman–Crippen LogP) is 2.93. The summed E-state index contributed by atoms with van der Waals surface area (Å²) in [7, 11) is 1.00. The average Bonchev–Trinajstić information content (AvgIpc) is 3.28. The summed E-state index contributed by atoms with van der Waals surface area (Å²) in [5.74, 6) is 0.628. The van der Waals surface area contributed by atoms with E-state index in [4.69, 9.17) is 9.18 Å². The largest absolute Gasteiger partial charge is 0.491 e. The summed E-state index contributed by atoms with van der Waals surface area (Å²) in [6, 6.07) is 6.26. The van der Waals surface area contributed by atoms with Gasteiger partial charge in [-0.3, -0.25) is 4.68 Å². The zero-order valence-electron chi connectivity index (χ0n) is 15.3. The Labute approximate surface area is 165 Å². The molecule has 3 heterocycles. The van der Waals surface area contributed by atoms with Crippen molar-refractivity contribution in [3.63, 3.8) is 0 Å². The SMILES string of the molecule is CCc1cc(Cc2cn(C)nc2Br)no1.C[C@H]1OB(O)c2ccc(F)cc21. The van der Waals surface area contributed by atoms with Gasteiger partial charge in [0.15, 0.2) is 0 Å². The molecule has 0 aliphatic carbocycles. The van der Waals surface area contributed by atoms with Crippen LogP contribution in [0.15, 0.2) is 39.6 Å². The quantitative estimate of drug-likeness (QED) is 0.640. The van der Waals surface area contributed by atoms with Crippen molar-refractivity contribution in [2.45, 2.75) is 32.8 Å². The highest BCUT2D eigenvalue weighted by molar-refractivity contribution is 9.10. The molecule has 0 spiro atoms. The van der Waals surface area contributed by atoms with Gasteiger partial charge in [0.05, 0.1) is 11.8 Å². The molecule has 0 amide bonds. The second-order valence-corrected chi connectivity index (χ2v) is 7.09. The second-order valence-electron chi connectivity index (χ2n) is 6.34. The van der Waals surface area contributed by atoms with Gasteiger partial charge in [-0.05, 0) is 46.0 Å². The van der Waals surface area contributed by atoms with Crippen molar-refractivity contribution in [3.8, 4) is 0 Å². The van der Waals surface area contributed by atoms with Crippen LogP contribution in [0.3, 0.4) is 0 Å². The summed E-state index contributed by atoms with van der Waals surface area (Å²) in [4.78, 5) is 0. The maximum Gasteiger partial charge on any atom is 0.491 e. The topological polar surface area (TPSA) is 73.3 Å². The van der Waals surface area contributed by atoms with Gasteiger partial charge in [0.1, 0.15) is 16.2 Å². The fourth-order valence-electron chi connectivity index (χ4n) is 2.89. The van der Waals surface area contributed by atoms with Gasteiger partial charge in [-0.2, -0.15) is 5.10 Å². The highest BCUT2D eigenvalue weighted by atomic mass is 79.9. The molecule has 1 aromatic carbocycles. The molecule has 4 rings (SSSR count). The Hall–Kier alpha value is -1.97. The van der Waals surface area contributed by atoms with Gasteiger partial charge < -0.3 is 14.2 Å². The minimum Gasteiger partial charge on any atom is -0.423 e. The molecule has 0 saturated carbocycles. The molecule has 0 fully saturated rings. The van der Waals surface area contributed by atoms with Gasteiger partial charge in [0.25, 0.3) is 0 Å². The van der Waals surface area contributed by atoms with E-state index in [9.17, 15) is 9.41 Å². The first-order valence-electron chi connectivity index (χ1n) is 8.62. The molecular weight excluding hydrogens is 416 g/mol. The van der Waals surface area contributed by atoms with Crippen LogP contribution in [0, 0.1) is 5.82 Å². The molecule has 6 nitrogen and oxygen atoms in total. The number of rotatable bonds is 3. The van der Waals surface area contributed by atoms with E-state index in [0.717, 1.165) is 40.0 Å². The van der Waals surface area contributed by atoms with Crippen molar-refractivity contribution in [2.24, 2.45) is 7.05 Å². The molecule has 0 radical (unpaired) electrons. The summed E-state index contributed by atoms with van der Waals surface area (Å²) in [5, 5.41) is 17.5. The van der Waals surface area contributed by atoms with E-state index < -0.39 is 7.12 Å². The number of halogens is 2. The third kappa shape index (κ3) is 4.66. The van der Waals surface area contributed by atoms with Crippen LogP contribution in [0.2, 0.25) is 0 Å². The van der Waals surface area contributed by atoms with E-state index in [-0.39, 0.29) is 11.9 Å². The Morgan fingerprint density at radius 1 is 1.37 bits per heavy atom. The standard InChI is InChI=1S/C10H12BrN3O.C8H8BFO2/c1-3-9-5-8(13-15-9)4-7-6-14(2)12-10(7)11;1-5-7-4-6(10)2-3-8(7)9(11)12-5/h5-6H,3-4H2,1-2H3;2-5,11H,1H3/t;5-/m.1/s1. The zero-order chi connectivity index (χ0) is 19.6. The third-order valence-electron chi connectivity index (χ3n) is 4.27. The zero-order valence-corrected chi connectivity index (χ0v) is 16.9. The molecule has 142 valence electrons. The fraction of sp³-hybridized carbons (Fsp3) is 0.333. The third-order valence-corrected chi connectivity index (χ3v) is 4.93. The number of fused-ring (bicyclic) bond motifs is 1. The molecule has 0 saturated heterocycles. The summed E-state index contributed by atoms with van der Waals surface area (Å²) in [6.07, 6.45) is 3.38. The monoisotopic (exact) mass is 435 g/mol. The number of nitrogens with zero attached hydrogens (tertiary/aromatic N) is 3. The lowest BCUT2D eigenvalue weighted by Crippen LogP contribution is -2.27. The van der Waals surface area contributed by atoms with Gasteiger partial charge in [-0.1, -0.05) is 18.1 Å². The van der Waals surface area contributed by atoms with Gasteiger partial charge in [-0.25, -0.2) is 4.39 Å². The van der Waals surface area contributed by atoms with Crippen molar-refractivity contribution in [3.05, 3.63) is 63.5 Å². The van der Waals surface area contributed by atoms with Gasteiger partial charge in [0, 0.05) is 37.7 Å². The van der Waals surface area contributed by atoms with Gasteiger partial charge in [-0.15, -0.1) is 0 Å². The van der Waals surface area contributed by atoms with E-state index in [1.807, 2.05) is 26.2 Å². The number of hydrogen-bond donors (Lipinski definition) is 1. The number of aromatic nitrogens is 3. The van der Waals surface area contributed by atoms with Crippen LogP contribution in [0.1, 0.15) is 42.5 Å². The van der Waals surface area contributed by atoms with Crippen LogP contribution in [0.4, 0.5) is 4.39 Å². The maximum atomic E-state index is 12.7.